The molecule has 0 bridgehead atoms. The van der Waals surface area contributed by atoms with Gasteiger partial charge in [-0.25, -0.2) is 13.1 Å². The Hall–Kier alpha value is -1.40. The second-order valence-electron chi connectivity index (χ2n) is 4.34. The number of carbonyl (C=O) groups is 1. The maximum Gasteiger partial charge on any atom is 0.240 e. The van der Waals surface area contributed by atoms with E-state index < -0.39 is 15.9 Å². The lowest BCUT2D eigenvalue weighted by Crippen LogP contribution is -2.28. The van der Waals surface area contributed by atoms with E-state index in [4.69, 9.17) is 5.73 Å². The minimum Gasteiger partial charge on any atom is -0.370 e. The summed E-state index contributed by atoms with van der Waals surface area (Å²) in [7, 11) is -3.56. The van der Waals surface area contributed by atoms with Gasteiger partial charge in [-0.1, -0.05) is 26.0 Å². The second kappa shape index (κ2) is 5.97. The molecule has 18 heavy (non-hydrogen) atoms. The first-order valence-corrected chi connectivity index (χ1v) is 7.19. The summed E-state index contributed by atoms with van der Waals surface area (Å²) < 4.78 is 26.0. The number of primary amides is 1. The lowest BCUT2D eigenvalue weighted by atomic mass is 10.0. The van der Waals surface area contributed by atoms with Crippen molar-refractivity contribution >= 4 is 15.9 Å². The molecule has 0 aromatic heterocycles. The molecular formula is C12H18N2O3S. The predicted octanol–water partition coefficient (Wildman–Crippen LogP) is 0.964. The highest BCUT2D eigenvalue weighted by atomic mass is 32.2. The Morgan fingerprint density at radius 2 is 1.83 bits per heavy atom. The quantitative estimate of drug-likeness (QED) is 0.807. The third-order valence-electron chi connectivity index (χ3n) is 2.52. The van der Waals surface area contributed by atoms with Crippen molar-refractivity contribution in [2.45, 2.75) is 31.1 Å². The Balaban J connectivity index is 2.76. The first-order valence-electron chi connectivity index (χ1n) is 5.71. The van der Waals surface area contributed by atoms with Gasteiger partial charge in [-0.3, -0.25) is 4.79 Å². The van der Waals surface area contributed by atoms with Crippen molar-refractivity contribution in [3.05, 3.63) is 29.8 Å². The number of amides is 1. The van der Waals surface area contributed by atoms with Gasteiger partial charge in [0.2, 0.25) is 15.9 Å². The van der Waals surface area contributed by atoms with E-state index in [1.165, 1.54) is 0 Å². The van der Waals surface area contributed by atoms with Crippen LogP contribution in [0.4, 0.5) is 0 Å². The first kappa shape index (κ1) is 14.7. The zero-order valence-corrected chi connectivity index (χ0v) is 11.3. The third kappa shape index (κ3) is 4.12. The molecule has 1 rings (SSSR count). The second-order valence-corrected chi connectivity index (χ2v) is 6.10. The molecule has 1 aromatic rings. The highest BCUT2D eigenvalue weighted by Crippen LogP contribution is 2.17. The highest BCUT2D eigenvalue weighted by molar-refractivity contribution is 7.89. The van der Waals surface area contributed by atoms with Crippen LogP contribution in [0.1, 0.15) is 31.7 Å². The monoisotopic (exact) mass is 270 g/mol. The number of benzene rings is 1. The minimum atomic E-state index is -3.56. The SMILES string of the molecule is CC(C)c1ccc(S(=O)(=O)NCCC(N)=O)cc1. The van der Waals surface area contributed by atoms with E-state index in [9.17, 15) is 13.2 Å². The van der Waals surface area contributed by atoms with Crippen LogP contribution in [0.5, 0.6) is 0 Å². The number of rotatable bonds is 6. The average Bonchev–Trinajstić information content (AvgIpc) is 2.28. The number of nitrogens with one attached hydrogen (secondary N) is 1. The Morgan fingerprint density at radius 3 is 2.28 bits per heavy atom. The molecule has 0 saturated carbocycles. The molecule has 5 nitrogen and oxygen atoms in total. The van der Waals surface area contributed by atoms with E-state index in [1.807, 2.05) is 13.8 Å². The number of sulfonamides is 1. The van der Waals surface area contributed by atoms with Gasteiger partial charge in [0.05, 0.1) is 4.90 Å². The number of carbonyl (C=O) groups excluding carboxylic acids is 1. The Labute approximate surface area is 107 Å². The van der Waals surface area contributed by atoms with Crippen LogP contribution < -0.4 is 10.5 Å². The maximum absolute atomic E-state index is 11.8. The fraction of sp³-hybridized carbons (Fsp3) is 0.417. The summed E-state index contributed by atoms with van der Waals surface area (Å²) in [5.41, 5.74) is 6.01. The molecule has 3 N–H and O–H groups in total. The summed E-state index contributed by atoms with van der Waals surface area (Å²) in [4.78, 5) is 10.7. The van der Waals surface area contributed by atoms with E-state index in [0.717, 1.165) is 5.56 Å². The Bertz CT molecular complexity index is 507. The number of hydrogen-bond donors (Lipinski definition) is 2. The van der Waals surface area contributed by atoms with Gasteiger partial charge >= 0.3 is 0 Å². The summed E-state index contributed by atoms with van der Waals surface area (Å²) in [5.74, 6) is -0.183. The van der Waals surface area contributed by atoms with E-state index >= 15 is 0 Å². The molecule has 0 atom stereocenters. The van der Waals surface area contributed by atoms with Crippen LogP contribution in [0.25, 0.3) is 0 Å². The van der Waals surface area contributed by atoms with Gasteiger partial charge in [0.1, 0.15) is 0 Å². The Kier molecular flexibility index (Phi) is 4.86. The van der Waals surface area contributed by atoms with Crippen molar-refractivity contribution in [3.8, 4) is 0 Å². The first-order chi connectivity index (χ1) is 8.33. The van der Waals surface area contributed by atoms with Gasteiger partial charge < -0.3 is 5.73 Å². The lowest BCUT2D eigenvalue weighted by Gasteiger charge is -2.08. The molecule has 6 heteroatoms. The molecule has 0 spiro atoms. The third-order valence-corrected chi connectivity index (χ3v) is 4.00. The zero-order chi connectivity index (χ0) is 13.8. The van der Waals surface area contributed by atoms with Crippen molar-refractivity contribution in [1.82, 2.24) is 4.72 Å². The summed E-state index contributed by atoms with van der Waals surface area (Å²) in [6.45, 7) is 4.09. The van der Waals surface area contributed by atoms with Crippen LogP contribution in [0.3, 0.4) is 0 Å². The van der Waals surface area contributed by atoms with Crippen LogP contribution in [0.2, 0.25) is 0 Å². The van der Waals surface area contributed by atoms with E-state index in [0.29, 0.717) is 5.92 Å². The molecular weight excluding hydrogens is 252 g/mol. The average molecular weight is 270 g/mol. The molecule has 1 amide bonds. The molecule has 0 unspecified atom stereocenters. The van der Waals surface area contributed by atoms with Gasteiger partial charge in [-0.05, 0) is 23.6 Å². The van der Waals surface area contributed by atoms with Gasteiger partial charge in [-0.2, -0.15) is 0 Å². The van der Waals surface area contributed by atoms with Gasteiger partial charge in [0, 0.05) is 13.0 Å². The summed E-state index contributed by atoms with van der Waals surface area (Å²) in [5, 5.41) is 0. The molecule has 0 heterocycles. The lowest BCUT2D eigenvalue weighted by molar-refractivity contribution is -0.117. The summed E-state index contributed by atoms with van der Waals surface area (Å²) in [6, 6.07) is 6.69. The van der Waals surface area contributed by atoms with E-state index in [2.05, 4.69) is 4.72 Å². The topological polar surface area (TPSA) is 89.3 Å². The molecule has 0 aliphatic rings. The summed E-state index contributed by atoms with van der Waals surface area (Å²) >= 11 is 0. The molecule has 0 aliphatic heterocycles. The standard InChI is InChI=1S/C12H18N2O3S/c1-9(2)10-3-5-11(6-4-10)18(16,17)14-8-7-12(13)15/h3-6,9,14H,7-8H2,1-2H3,(H2,13,15). The zero-order valence-electron chi connectivity index (χ0n) is 10.5. The molecule has 1 aromatic carbocycles. The Morgan fingerprint density at radius 1 is 1.28 bits per heavy atom. The molecule has 0 aliphatic carbocycles. The number of hydrogen-bond acceptors (Lipinski definition) is 3. The number of nitrogens with two attached hydrogens (primary N) is 1. The van der Waals surface area contributed by atoms with Gasteiger partial charge in [0.25, 0.3) is 0 Å². The van der Waals surface area contributed by atoms with Crippen LogP contribution in [0, 0.1) is 0 Å². The minimum absolute atomic E-state index is 0.0106. The highest BCUT2D eigenvalue weighted by Gasteiger charge is 2.13. The van der Waals surface area contributed by atoms with Crippen molar-refractivity contribution in [3.63, 3.8) is 0 Å². The van der Waals surface area contributed by atoms with Gasteiger partial charge in [-0.15, -0.1) is 0 Å². The largest absolute Gasteiger partial charge is 0.370 e. The maximum atomic E-state index is 11.8. The van der Waals surface area contributed by atoms with E-state index in [-0.39, 0.29) is 17.9 Å². The van der Waals surface area contributed by atoms with Crippen molar-refractivity contribution in [2.24, 2.45) is 5.73 Å². The van der Waals surface area contributed by atoms with Crippen molar-refractivity contribution in [2.75, 3.05) is 6.54 Å². The van der Waals surface area contributed by atoms with Crippen LogP contribution in [-0.2, 0) is 14.8 Å². The van der Waals surface area contributed by atoms with Crippen LogP contribution >= 0.6 is 0 Å². The predicted molar refractivity (Wildman–Crippen MR) is 69.5 cm³/mol. The fourth-order valence-corrected chi connectivity index (χ4v) is 2.46. The van der Waals surface area contributed by atoms with Crippen molar-refractivity contribution in [1.29, 1.82) is 0 Å². The normalized spacial score (nSPS) is 11.7. The molecule has 0 fully saturated rings. The molecule has 0 saturated heterocycles. The van der Waals surface area contributed by atoms with Crippen LogP contribution in [-0.4, -0.2) is 20.9 Å². The smallest absolute Gasteiger partial charge is 0.240 e. The summed E-state index contributed by atoms with van der Waals surface area (Å²) in [6.07, 6.45) is -0.0106. The van der Waals surface area contributed by atoms with Crippen molar-refractivity contribution < 1.29 is 13.2 Å². The molecule has 0 radical (unpaired) electrons. The van der Waals surface area contributed by atoms with E-state index in [1.54, 1.807) is 24.3 Å². The molecule has 100 valence electrons. The fourth-order valence-electron chi connectivity index (χ4n) is 1.42. The van der Waals surface area contributed by atoms with Crippen LogP contribution in [0.15, 0.2) is 29.2 Å². The van der Waals surface area contributed by atoms with Gasteiger partial charge in [0.15, 0.2) is 0 Å².